The van der Waals surface area contributed by atoms with E-state index in [2.05, 4.69) is 15.3 Å². The maximum atomic E-state index is 12.5. The molecule has 25 heavy (non-hydrogen) atoms. The molecule has 3 aromatic rings. The molecule has 0 saturated carbocycles. The van der Waals surface area contributed by atoms with Crippen molar-refractivity contribution in [2.75, 3.05) is 12.1 Å². The number of aromatic nitrogens is 2. The summed E-state index contributed by atoms with van der Waals surface area (Å²) >= 11 is 0. The van der Waals surface area contributed by atoms with Crippen LogP contribution < -0.4 is 14.8 Å². The summed E-state index contributed by atoms with van der Waals surface area (Å²) in [5, 5.41) is 2.74. The number of rotatable bonds is 3. The molecule has 0 atom stereocenters. The van der Waals surface area contributed by atoms with Gasteiger partial charge < -0.3 is 9.47 Å². The van der Waals surface area contributed by atoms with E-state index < -0.39 is 0 Å². The van der Waals surface area contributed by atoms with Crippen molar-refractivity contribution < 1.29 is 14.3 Å². The van der Waals surface area contributed by atoms with Crippen molar-refractivity contribution in [1.82, 2.24) is 9.97 Å². The molecule has 0 aliphatic carbocycles. The first kappa shape index (κ1) is 15.1. The third-order valence-electron chi connectivity index (χ3n) is 3.78. The Bertz CT molecular complexity index is 942. The van der Waals surface area contributed by atoms with Crippen molar-refractivity contribution in [2.45, 2.75) is 6.92 Å². The number of nitrogens with zero attached hydrogens (tertiary/aromatic N) is 2. The third kappa shape index (κ3) is 3.14. The van der Waals surface area contributed by atoms with E-state index in [1.165, 1.54) is 0 Å². The van der Waals surface area contributed by atoms with Crippen molar-refractivity contribution in [1.29, 1.82) is 0 Å². The predicted molar refractivity (Wildman–Crippen MR) is 92.7 cm³/mol. The lowest BCUT2D eigenvalue weighted by Crippen LogP contribution is -2.14. The van der Waals surface area contributed by atoms with Crippen LogP contribution in [0.25, 0.3) is 11.3 Å². The van der Waals surface area contributed by atoms with Crippen molar-refractivity contribution >= 4 is 11.9 Å². The van der Waals surface area contributed by atoms with E-state index in [9.17, 15) is 4.79 Å². The number of carbonyl (C=O) groups excluding carboxylic acids is 1. The van der Waals surface area contributed by atoms with Gasteiger partial charge in [-0.05, 0) is 31.2 Å². The van der Waals surface area contributed by atoms with Crippen LogP contribution >= 0.6 is 0 Å². The molecule has 1 N–H and O–H groups in total. The Hall–Kier alpha value is -3.41. The Balaban J connectivity index is 1.60. The van der Waals surface area contributed by atoms with Crippen LogP contribution in [0.4, 0.5) is 5.95 Å². The van der Waals surface area contributed by atoms with Crippen LogP contribution in [-0.4, -0.2) is 22.7 Å². The molecule has 6 heteroatoms. The van der Waals surface area contributed by atoms with Crippen LogP contribution in [0.1, 0.15) is 16.1 Å². The zero-order chi connectivity index (χ0) is 17.2. The van der Waals surface area contributed by atoms with Crippen molar-refractivity contribution in [3.63, 3.8) is 0 Å². The molecule has 0 unspecified atom stereocenters. The summed E-state index contributed by atoms with van der Waals surface area (Å²) in [6.45, 7) is 2.03. The maximum absolute atomic E-state index is 12.5. The molecule has 6 nitrogen and oxygen atoms in total. The van der Waals surface area contributed by atoms with Crippen molar-refractivity contribution in [2.24, 2.45) is 0 Å². The number of benzene rings is 2. The van der Waals surface area contributed by atoms with Crippen molar-refractivity contribution in [3.8, 4) is 22.8 Å². The second kappa shape index (κ2) is 6.24. The molecule has 0 bridgehead atoms. The number of fused-ring (bicyclic) bond motifs is 1. The Labute approximate surface area is 144 Å². The van der Waals surface area contributed by atoms with Crippen LogP contribution in [0.15, 0.2) is 54.6 Å². The first-order chi connectivity index (χ1) is 12.2. The average Bonchev–Trinajstić information content (AvgIpc) is 3.09. The lowest BCUT2D eigenvalue weighted by atomic mass is 10.1. The highest BCUT2D eigenvalue weighted by Crippen LogP contribution is 2.32. The van der Waals surface area contributed by atoms with Gasteiger partial charge in [0.05, 0.1) is 5.69 Å². The van der Waals surface area contributed by atoms with Gasteiger partial charge >= 0.3 is 0 Å². The fourth-order valence-corrected chi connectivity index (χ4v) is 2.59. The number of carbonyl (C=O) groups is 1. The standard InChI is InChI=1S/C19H15N3O3/c1-12-9-15(13-5-3-2-4-6-13)21-19(20-12)22-18(23)14-7-8-16-17(10-14)25-11-24-16/h2-10H,11H2,1H3,(H,20,21,22,23). The molecule has 0 radical (unpaired) electrons. The quantitative estimate of drug-likeness (QED) is 0.795. The van der Waals surface area contributed by atoms with Gasteiger partial charge in [-0.15, -0.1) is 0 Å². The molecule has 1 aromatic heterocycles. The smallest absolute Gasteiger partial charge is 0.258 e. The Morgan fingerprint density at radius 3 is 2.64 bits per heavy atom. The molecular formula is C19H15N3O3. The molecular weight excluding hydrogens is 318 g/mol. The minimum atomic E-state index is -0.303. The number of hydrogen-bond donors (Lipinski definition) is 1. The van der Waals surface area contributed by atoms with E-state index in [-0.39, 0.29) is 18.6 Å². The van der Waals surface area contributed by atoms with E-state index in [4.69, 9.17) is 9.47 Å². The first-order valence-electron chi connectivity index (χ1n) is 7.81. The lowest BCUT2D eigenvalue weighted by molar-refractivity contribution is 0.102. The van der Waals surface area contributed by atoms with Crippen LogP contribution in [-0.2, 0) is 0 Å². The molecule has 2 heterocycles. The monoisotopic (exact) mass is 333 g/mol. The van der Waals surface area contributed by atoms with Crippen LogP contribution in [0, 0.1) is 6.92 Å². The molecule has 0 fully saturated rings. The van der Waals surface area contributed by atoms with Gasteiger partial charge in [0.15, 0.2) is 11.5 Å². The maximum Gasteiger partial charge on any atom is 0.258 e. The molecule has 124 valence electrons. The van der Waals surface area contributed by atoms with E-state index >= 15 is 0 Å². The first-order valence-corrected chi connectivity index (χ1v) is 7.81. The molecule has 1 aliphatic heterocycles. The summed E-state index contributed by atoms with van der Waals surface area (Å²) in [5.41, 5.74) is 2.95. The molecule has 2 aromatic carbocycles. The molecule has 1 aliphatic rings. The van der Waals surface area contributed by atoms with Crippen molar-refractivity contribution in [3.05, 3.63) is 65.9 Å². The normalized spacial score (nSPS) is 12.0. The highest BCUT2D eigenvalue weighted by atomic mass is 16.7. The summed E-state index contributed by atoms with van der Waals surface area (Å²) in [4.78, 5) is 21.2. The SMILES string of the molecule is Cc1cc(-c2ccccc2)nc(NC(=O)c2ccc3c(c2)OCO3)n1. The fourth-order valence-electron chi connectivity index (χ4n) is 2.59. The van der Waals surface area contributed by atoms with Gasteiger partial charge in [-0.2, -0.15) is 0 Å². The van der Waals surface area contributed by atoms with Gasteiger partial charge in [-0.25, -0.2) is 9.97 Å². The Kier molecular flexibility index (Phi) is 3.78. The van der Waals surface area contributed by atoms with Gasteiger partial charge in [0.25, 0.3) is 5.91 Å². The number of aryl methyl sites for hydroxylation is 1. The van der Waals surface area contributed by atoms with E-state index in [0.29, 0.717) is 17.1 Å². The molecule has 0 saturated heterocycles. The van der Waals surface area contributed by atoms with E-state index in [1.807, 2.05) is 43.3 Å². The Morgan fingerprint density at radius 2 is 1.80 bits per heavy atom. The largest absolute Gasteiger partial charge is 0.454 e. The predicted octanol–water partition coefficient (Wildman–Crippen LogP) is 3.43. The summed E-state index contributed by atoms with van der Waals surface area (Å²) in [6, 6.07) is 16.7. The topological polar surface area (TPSA) is 73.3 Å². The zero-order valence-electron chi connectivity index (χ0n) is 13.5. The molecule has 1 amide bonds. The molecule has 4 rings (SSSR count). The lowest BCUT2D eigenvalue weighted by Gasteiger charge is -2.08. The van der Waals surface area contributed by atoms with E-state index in [0.717, 1.165) is 17.0 Å². The second-order valence-corrected chi connectivity index (χ2v) is 5.61. The highest BCUT2D eigenvalue weighted by molar-refractivity contribution is 6.03. The zero-order valence-corrected chi connectivity index (χ0v) is 13.5. The average molecular weight is 333 g/mol. The van der Waals surface area contributed by atoms with E-state index in [1.54, 1.807) is 18.2 Å². The highest BCUT2D eigenvalue weighted by Gasteiger charge is 2.17. The fraction of sp³-hybridized carbons (Fsp3) is 0.105. The second-order valence-electron chi connectivity index (χ2n) is 5.61. The van der Waals surface area contributed by atoms with Gasteiger partial charge in [-0.3, -0.25) is 10.1 Å². The Morgan fingerprint density at radius 1 is 1.00 bits per heavy atom. The van der Waals surface area contributed by atoms with Gasteiger partial charge in [0, 0.05) is 16.8 Å². The van der Waals surface area contributed by atoms with Crippen LogP contribution in [0.2, 0.25) is 0 Å². The number of ether oxygens (including phenoxy) is 2. The molecule has 0 spiro atoms. The summed E-state index contributed by atoms with van der Waals surface area (Å²) < 4.78 is 10.6. The van der Waals surface area contributed by atoms with Gasteiger partial charge in [-0.1, -0.05) is 30.3 Å². The minimum Gasteiger partial charge on any atom is -0.454 e. The third-order valence-corrected chi connectivity index (χ3v) is 3.78. The summed E-state index contributed by atoms with van der Waals surface area (Å²) in [6.07, 6.45) is 0. The van der Waals surface area contributed by atoms with Crippen LogP contribution in [0.3, 0.4) is 0 Å². The number of amides is 1. The summed E-state index contributed by atoms with van der Waals surface area (Å²) in [5.74, 6) is 1.15. The van der Waals surface area contributed by atoms with Crippen LogP contribution in [0.5, 0.6) is 11.5 Å². The van der Waals surface area contributed by atoms with Gasteiger partial charge in [0.1, 0.15) is 0 Å². The number of nitrogens with one attached hydrogen (secondary N) is 1. The number of hydrogen-bond acceptors (Lipinski definition) is 5. The van der Waals surface area contributed by atoms with Gasteiger partial charge in [0.2, 0.25) is 12.7 Å². The minimum absolute atomic E-state index is 0.168. The number of anilines is 1. The summed E-state index contributed by atoms with van der Waals surface area (Å²) in [7, 11) is 0.